The van der Waals surface area contributed by atoms with E-state index in [0.717, 1.165) is 16.8 Å². The minimum atomic E-state index is -0.652. The number of esters is 1. The van der Waals surface area contributed by atoms with Crippen LogP contribution in [0.1, 0.15) is 19.4 Å². The van der Waals surface area contributed by atoms with E-state index in [0.29, 0.717) is 28.9 Å². The number of ether oxygens (including phenoxy) is 2. The van der Waals surface area contributed by atoms with Crippen molar-refractivity contribution in [3.8, 4) is 17.0 Å². The predicted molar refractivity (Wildman–Crippen MR) is 121 cm³/mol. The van der Waals surface area contributed by atoms with E-state index in [1.807, 2.05) is 31.2 Å². The Balaban J connectivity index is 1.79. The fraction of sp³-hybridized carbons (Fsp3) is 0.227. The number of benzene rings is 2. The third kappa shape index (κ3) is 6.07. The van der Waals surface area contributed by atoms with Gasteiger partial charge in [0.1, 0.15) is 24.2 Å². The lowest BCUT2D eigenvalue weighted by Gasteiger charge is -2.13. The third-order valence-corrected chi connectivity index (χ3v) is 4.48. The SMILES string of the molecule is CCOc1ccc(Cl)cc1-c1cc(Nc2ccc(COC(=O)[C@H](C)N)cc2)nc(N)n1. The Morgan fingerprint density at radius 1 is 1.16 bits per heavy atom. The molecule has 0 aliphatic heterocycles. The van der Waals surface area contributed by atoms with Crippen molar-refractivity contribution in [3.63, 3.8) is 0 Å². The number of nitrogens with two attached hydrogens (primary N) is 2. The van der Waals surface area contributed by atoms with Gasteiger partial charge >= 0.3 is 5.97 Å². The summed E-state index contributed by atoms with van der Waals surface area (Å²) in [6.07, 6.45) is 0. The Morgan fingerprint density at radius 3 is 2.58 bits per heavy atom. The number of halogens is 1. The third-order valence-electron chi connectivity index (χ3n) is 4.24. The minimum absolute atomic E-state index is 0.113. The second kappa shape index (κ2) is 10.1. The summed E-state index contributed by atoms with van der Waals surface area (Å²) in [6.45, 7) is 4.14. The Labute approximate surface area is 185 Å². The van der Waals surface area contributed by atoms with Crippen LogP contribution < -0.4 is 21.5 Å². The molecule has 1 heterocycles. The molecule has 1 atom stereocenters. The molecule has 9 heteroatoms. The number of rotatable bonds is 8. The van der Waals surface area contributed by atoms with Crippen LogP contribution in [0.15, 0.2) is 48.5 Å². The van der Waals surface area contributed by atoms with Crippen LogP contribution >= 0.6 is 11.6 Å². The molecule has 8 nitrogen and oxygen atoms in total. The predicted octanol–water partition coefficient (Wildman–Crippen LogP) is 3.91. The number of hydrogen-bond acceptors (Lipinski definition) is 8. The molecular weight excluding hydrogens is 418 g/mol. The summed E-state index contributed by atoms with van der Waals surface area (Å²) < 4.78 is 10.8. The van der Waals surface area contributed by atoms with Gasteiger partial charge < -0.3 is 26.3 Å². The molecule has 31 heavy (non-hydrogen) atoms. The normalized spacial score (nSPS) is 11.6. The zero-order valence-electron chi connectivity index (χ0n) is 17.3. The summed E-state index contributed by atoms with van der Waals surface area (Å²) in [7, 11) is 0. The van der Waals surface area contributed by atoms with E-state index in [-0.39, 0.29) is 12.6 Å². The lowest BCUT2D eigenvalue weighted by atomic mass is 10.1. The molecule has 0 aliphatic rings. The van der Waals surface area contributed by atoms with Crippen molar-refractivity contribution in [1.82, 2.24) is 9.97 Å². The van der Waals surface area contributed by atoms with Gasteiger partial charge in [0.05, 0.1) is 12.3 Å². The maximum absolute atomic E-state index is 11.5. The van der Waals surface area contributed by atoms with Gasteiger partial charge in [-0.3, -0.25) is 4.79 Å². The molecule has 5 N–H and O–H groups in total. The summed E-state index contributed by atoms with van der Waals surface area (Å²) in [5, 5.41) is 3.76. The summed E-state index contributed by atoms with van der Waals surface area (Å²) in [5.74, 6) is 0.836. The molecule has 0 amide bonds. The van der Waals surface area contributed by atoms with Crippen LogP contribution in [0, 0.1) is 0 Å². The fourth-order valence-electron chi connectivity index (χ4n) is 2.77. The monoisotopic (exact) mass is 441 g/mol. The summed E-state index contributed by atoms with van der Waals surface area (Å²) in [5.41, 5.74) is 14.3. The molecule has 3 rings (SSSR count). The molecule has 0 saturated carbocycles. The van der Waals surface area contributed by atoms with Gasteiger partial charge in [-0.05, 0) is 49.7 Å². The molecule has 0 bridgehead atoms. The molecule has 3 aromatic rings. The number of nitrogens with zero attached hydrogens (tertiary/aromatic N) is 2. The van der Waals surface area contributed by atoms with Gasteiger partial charge in [-0.25, -0.2) is 4.98 Å². The lowest BCUT2D eigenvalue weighted by Crippen LogP contribution is -2.28. The van der Waals surface area contributed by atoms with Crippen LogP contribution in [0.2, 0.25) is 5.02 Å². The summed E-state index contributed by atoms with van der Waals surface area (Å²) in [4.78, 5) is 20.1. The van der Waals surface area contributed by atoms with E-state index in [4.69, 9.17) is 32.5 Å². The second-order valence-corrected chi connectivity index (χ2v) is 7.22. The Kier molecular flexibility index (Phi) is 7.28. The number of carbonyl (C=O) groups is 1. The second-order valence-electron chi connectivity index (χ2n) is 6.79. The van der Waals surface area contributed by atoms with Crippen LogP contribution in [-0.2, 0) is 16.1 Å². The Hall–Kier alpha value is -3.36. The largest absolute Gasteiger partial charge is 0.493 e. The van der Waals surface area contributed by atoms with Crippen molar-refractivity contribution in [2.24, 2.45) is 5.73 Å². The average molecular weight is 442 g/mol. The van der Waals surface area contributed by atoms with Crippen molar-refractivity contribution in [3.05, 3.63) is 59.1 Å². The number of nitrogen functional groups attached to an aromatic ring is 1. The van der Waals surface area contributed by atoms with E-state index < -0.39 is 12.0 Å². The van der Waals surface area contributed by atoms with E-state index >= 15 is 0 Å². The summed E-state index contributed by atoms with van der Waals surface area (Å²) >= 11 is 6.17. The standard InChI is InChI=1S/C22H24ClN5O3/c1-3-30-19-9-6-15(23)10-17(19)18-11-20(28-22(25)27-18)26-16-7-4-14(5-8-16)12-31-21(29)13(2)24/h4-11,13H,3,12,24H2,1-2H3,(H3,25,26,27,28)/t13-/m0/s1. The van der Waals surface area contributed by atoms with Gasteiger partial charge in [-0.2, -0.15) is 4.98 Å². The summed E-state index contributed by atoms with van der Waals surface area (Å²) in [6, 6.07) is 13.8. The molecule has 162 valence electrons. The highest BCUT2D eigenvalue weighted by Crippen LogP contribution is 2.33. The first-order valence-electron chi connectivity index (χ1n) is 9.71. The number of hydrogen-bond donors (Lipinski definition) is 3. The van der Waals surface area contributed by atoms with Gasteiger partial charge in [0.2, 0.25) is 5.95 Å². The quantitative estimate of drug-likeness (QED) is 0.449. The smallest absolute Gasteiger partial charge is 0.322 e. The molecule has 0 saturated heterocycles. The zero-order valence-corrected chi connectivity index (χ0v) is 18.0. The van der Waals surface area contributed by atoms with Crippen molar-refractivity contribution in [2.45, 2.75) is 26.5 Å². The van der Waals surface area contributed by atoms with Gasteiger partial charge in [0, 0.05) is 22.3 Å². The van der Waals surface area contributed by atoms with Crippen LogP contribution in [0.3, 0.4) is 0 Å². The first kappa shape index (κ1) is 22.3. The molecule has 2 aromatic carbocycles. The van der Waals surface area contributed by atoms with Crippen molar-refractivity contribution in [2.75, 3.05) is 17.7 Å². The topological polar surface area (TPSA) is 125 Å². The van der Waals surface area contributed by atoms with Crippen molar-refractivity contribution >= 4 is 35.0 Å². The Bertz CT molecular complexity index is 1060. The van der Waals surface area contributed by atoms with Crippen molar-refractivity contribution < 1.29 is 14.3 Å². The van der Waals surface area contributed by atoms with Crippen molar-refractivity contribution in [1.29, 1.82) is 0 Å². The van der Waals surface area contributed by atoms with Gasteiger partial charge in [0.25, 0.3) is 0 Å². The molecule has 0 spiro atoms. The first-order valence-corrected chi connectivity index (χ1v) is 10.1. The molecule has 1 aromatic heterocycles. The van der Waals surface area contributed by atoms with Crippen LogP contribution in [0.5, 0.6) is 5.75 Å². The van der Waals surface area contributed by atoms with Crippen LogP contribution in [0.25, 0.3) is 11.3 Å². The van der Waals surface area contributed by atoms with Gasteiger partial charge in [-0.15, -0.1) is 0 Å². The highest BCUT2D eigenvalue weighted by molar-refractivity contribution is 6.31. The molecule has 0 fully saturated rings. The van der Waals surface area contributed by atoms with E-state index in [9.17, 15) is 4.79 Å². The highest BCUT2D eigenvalue weighted by Gasteiger charge is 2.12. The van der Waals surface area contributed by atoms with E-state index in [1.54, 1.807) is 31.2 Å². The average Bonchev–Trinajstić information content (AvgIpc) is 2.74. The number of carbonyl (C=O) groups excluding carboxylic acids is 1. The molecule has 0 aliphatic carbocycles. The molecule has 0 unspecified atom stereocenters. The number of nitrogens with one attached hydrogen (secondary N) is 1. The van der Waals surface area contributed by atoms with E-state index in [2.05, 4.69) is 15.3 Å². The molecular formula is C22H24ClN5O3. The Morgan fingerprint density at radius 2 is 1.90 bits per heavy atom. The maximum atomic E-state index is 11.5. The number of anilines is 3. The fourth-order valence-corrected chi connectivity index (χ4v) is 2.94. The van der Waals surface area contributed by atoms with E-state index in [1.165, 1.54) is 0 Å². The zero-order chi connectivity index (χ0) is 22.4. The minimum Gasteiger partial charge on any atom is -0.493 e. The van der Waals surface area contributed by atoms with Crippen LogP contribution in [0.4, 0.5) is 17.5 Å². The first-order chi connectivity index (χ1) is 14.9. The lowest BCUT2D eigenvalue weighted by molar-refractivity contribution is -0.146. The van der Waals surface area contributed by atoms with Gasteiger partial charge in [-0.1, -0.05) is 23.7 Å². The van der Waals surface area contributed by atoms with Gasteiger partial charge in [0.15, 0.2) is 0 Å². The number of aromatic nitrogens is 2. The highest BCUT2D eigenvalue weighted by atomic mass is 35.5. The van der Waals surface area contributed by atoms with Crippen LogP contribution in [-0.4, -0.2) is 28.6 Å². The molecule has 0 radical (unpaired) electrons. The maximum Gasteiger partial charge on any atom is 0.322 e.